The summed E-state index contributed by atoms with van der Waals surface area (Å²) in [5.41, 5.74) is 11.5. The van der Waals surface area contributed by atoms with E-state index < -0.39 is 11.9 Å². The van der Waals surface area contributed by atoms with Crippen molar-refractivity contribution >= 4 is 5.91 Å². The monoisotopic (exact) mass is 195 g/mol. The van der Waals surface area contributed by atoms with Crippen LogP contribution in [0.15, 0.2) is 18.3 Å². The van der Waals surface area contributed by atoms with Crippen molar-refractivity contribution in [2.24, 2.45) is 11.5 Å². The van der Waals surface area contributed by atoms with E-state index in [0.717, 1.165) is 5.56 Å². The van der Waals surface area contributed by atoms with Gasteiger partial charge in [-0.3, -0.25) is 4.79 Å². The average molecular weight is 195 g/mol. The second kappa shape index (κ2) is 4.57. The van der Waals surface area contributed by atoms with E-state index >= 15 is 0 Å². The largest absolute Gasteiger partial charge is 0.481 e. The smallest absolute Gasteiger partial charge is 0.219 e. The van der Waals surface area contributed by atoms with Gasteiger partial charge in [-0.2, -0.15) is 0 Å². The molecule has 76 valence electrons. The van der Waals surface area contributed by atoms with Gasteiger partial charge in [0.1, 0.15) is 0 Å². The number of nitrogens with zero attached hydrogens (tertiary/aromatic N) is 1. The molecule has 1 amide bonds. The Morgan fingerprint density at radius 3 is 2.79 bits per heavy atom. The van der Waals surface area contributed by atoms with Crippen LogP contribution in [-0.2, 0) is 4.79 Å². The number of ether oxygens (including phenoxy) is 1. The average Bonchev–Trinajstić information content (AvgIpc) is 2.17. The van der Waals surface area contributed by atoms with E-state index in [-0.39, 0.29) is 6.42 Å². The summed E-state index contributed by atoms with van der Waals surface area (Å²) in [4.78, 5) is 14.6. The normalized spacial score (nSPS) is 12.1. The highest BCUT2D eigenvalue weighted by molar-refractivity contribution is 5.74. The molecular weight excluding hydrogens is 182 g/mol. The predicted octanol–water partition coefficient (Wildman–Crippen LogP) is -0.0346. The van der Waals surface area contributed by atoms with E-state index in [1.165, 1.54) is 7.11 Å². The first-order valence-electron chi connectivity index (χ1n) is 4.17. The Bertz CT molecular complexity index is 310. The highest BCUT2D eigenvalue weighted by atomic mass is 16.5. The lowest BCUT2D eigenvalue weighted by molar-refractivity contribution is -0.118. The van der Waals surface area contributed by atoms with E-state index in [0.29, 0.717) is 5.88 Å². The maximum Gasteiger partial charge on any atom is 0.219 e. The molecule has 0 aliphatic carbocycles. The van der Waals surface area contributed by atoms with Gasteiger partial charge in [-0.1, -0.05) is 6.07 Å². The molecule has 0 aliphatic heterocycles. The number of methoxy groups -OCH3 is 1. The molecule has 4 N–H and O–H groups in total. The van der Waals surface area contributed by atoms with Crippen LogP contribution in [0.3, 0.4) is 0 Å². The molecular formula is C9H13N3O2. The van der Waals surface area contributed by atoms with Gasteiger partial charge in [0.15, 0.2) is 0 Å². The number of rotatable bonds is 4. The van der Waals surface area contributed by atoms with Crippen molar-refractivity contribution in [1.82, 2.24) is 4.98 Å². The molecule has 0 spiro atoms. The highest BCUT2D eigenvalue weighted by Crippen LogP contribution is 2.14. The Morgan fingerprint density at radius 2 is 2.36 bits per heavy atom. The zero-order valence-electron chi connectivity index (χ0n) is 7.93. The van der Waals surface area contributed by atoms with Crippen molar-refractivity contribution in [2.45, 2.75) is 12.5 Å². The van der Waals surface area contributed by atoms with Gasteiger partial charge in [-0.25, -0.2) is 4.98 Å². The summed E-state index contributed by atoms with van der Waals surface area (Å²) >= 11 is 0. The van der Waals surface area contributed by atoms with Crippen LogP contribution in [0.5, 0.6) is 5.88 Å². The van der Waals surface area contributed by atoms with E-state index in [9.17, 15) is 4.79 Å². The Balaban J connectivity index is 2.71. The molecule has 5 heteroatoms. The summed E-state index contributed by atoms with van der Waals surface area (Å²) in [7, 11) is 1.53. The minimum Gasteiger partial charge on any atom is -0.481 e. The Morgan fingerprint density at radius 1 is 1.64 bits per heavy atom. The van der Waals surface area contributed by atoms with Crippen molar-refractivity contribution in [1.29, 1.82) is 0 Å². The number of hydrogen-bond donors (Lipinski definition) is 2. The molecule has 0 saturated heterocycles. The van der Waals surface area contributed by atoms with E-state index in [2.05, 4.69) is 4.98 Å². The van der Waals surface area contributed by atoms with Crippen LogP contribution < -0.4 is 16.2 Å². The quantitative estimate of drug-likeness (QED) is 0.705. The summed E-state index contributed by atoms with van der Waals surface area (Å²) in [6.45, 7) is 0. The third-order valence-corrected chi connectivity index (χ3v) is 1.82. The lowest BCUT2D eigenvalue weighted by Crippen LogP contribution is -2.20. The van der Waals surface area contributed by atoms with Crippen LogP contribution in [0, 0.1) is 0 Å². The van der Waals surface area contributed by atoms with Gasteiger partial charge in [0.2, 0.25) is 11.8 Å². The summed E-state index contributed by atoms with van der Waals surface area (Å²) in [6, 6.07) is 3.06. The van der Waals surface area contributed by atoms with Gasteiger partial charge in [0.25, 0.3) is 0 Å². The fourth-order valence-electron chi connectivity index (χ4n) is 1.07. The topological polar surface area (TPSA) is 91.2 Å². The first-order valence-corrected chi connectivity index (χ1v) is 4.17. The molecule has 5 nitrogen and oxygen atoms in total. The van der Waals surface area contributed by atoms with Crippen LogP contribution >= 0.6 is 0 Å². The van der Waals surface area contributed by atoms with E-state index in [1.54, 1.807) is 18.3 Å². The number of amides is 1. The third kappa shape index (κ3) is 2.70. The van der Waals surface area contributed by atoms with Crippen molar-refractivity contribution < 1.29 is 9.53 Å². The van der Waals surface area contributed by atoms with Crippen molar-refractivity contribution in [3.8, 4) is 5.88 Å². The maximum atomic E-state index is 10.6. The second-order valence-electron chi connectivity index (χ2n) is 2.91. The number of pyridine rings is 1. The maximum absolute atomic E-state index is 10.6. The molecule has 1 heterocycles. The molecule has 0 saturated carbocycles. The molecule has 0 bridgehead atoms. The number of primary amides is 1. The van der Waals surface area contributed by atoms with E-state index in [1.807, 2.05) is 0 Å². The molecule has 0 aliphatic rings. The second-order valence-corrected chi connectivity index (χ2v) is 2.91. The van der Waals surface area contributed by atoms with Crippen LogP contribution in [0.2, 0.25) is 0 Å². The Kier molecular flexibility index (Phi) is 3.41. The SMILES string of the molecule is COc1ccc(C(N)CC(N)=O)cn1. The summed E-state index contributed by atoms with van der Waals surface area (Å²) in [6.07, 6.45) is 1.69. The minimum atomic E-state index is -0.423. The zero-order chi connectivity index (χ0) is 10.6. The number of carbonyl (C=O) groups is 1. The molecule has 1 rings (SSSR count). The third-order valence-electron chi connectivity index (χ3n) is 1.82. The van der Waals surface area contributed by atoms with Gasteiger partial charge >= 0.3 is 0 Å². The lowest BCUT2D eigenvalue weighted by atomic mass is 10.1. The van der Waals surface area contributed by atoms with Crippen molar-refractivity contribution in [3.05, 3.63) is 23.9 Å². The Hall–Kier alpha value is -1.62. The fraction of sp³-hybridized carbons (Fsp3) is 0.333. The van der Waals surface area contributed by atoms with Gasteiger partial charge in [0, 0.05) is 24.7 Å². The highest BCUT2D eigenvalue weighted by Gasteiger charge is 2.09. The van der Waals surface area contributed by atoms with Crippen LogP contribution in [0.25, 0.3) is 0 Å². The van der Waals surface area contributed by atoms with Crippen molar-refractivity contribution in [2.75, 3.05) is 7.11 Å². The molecule has 14 heavy (non-hydrogen) atoms. The van der Waals surface area contributed by atoms with Crippen LogP contribution in [0.1, 0.15) is 18.0 Å². The van der Waals surface area contributed by atoms with E-state index in [4.69, 9.17) is 16.2 Å². The number of aromatic nitrogens is 1. The van der Waals surface area contributed by atoms with Gasteiger partial charge in [-0.05, 0) is 5.56 Å². The lowest BCUT2D eigenvalue weighted by Gasteiger charge is -2.09. The summed E-state index contributed by atoms with van der Waals surface area (Å²) in [5.74, 6) is 0.0911. The molecule has 1 unspecified atom stereocenters. The first-order chi connectivity index (χ1) is 6.63. The minimum absolute atomic E-state index is 0.119. The van der Waals surface area contributed by atoms with Gasteiger partial charge in [0.05, 0.1) is 7.11 Å². The molecule has 0 fully saturated rings. The zero-order valence-corrected chi connectivity index (χ0v) is 7.93. The van der Waals surface area contributed by atoms with Gasteiger partial charge in [-0.15, -0.1) is 0 Å². The molecule has 1 aromatic rings. The Labute approximate surface area is 82.1 Å². The number of nitrogens with two attached hydrogens (primary N) is 2. The molecule has 1 aromatic heterocycles. The summed E-state index contributed by atoms with van der Waals surface area (Å²) < 4.78 is 4.89. The van der Waals surface area contributed by atoms with Crippen LogP contribution in [-0.4, -0.2) is 18.0 Å². The molecule has 1 atom stereocenters. The van der Waals surface area contributed by atoms with Gasteiger partial charge < -0.3 is 16.2 Å². The van der Waals surface area contributed by atoms with Crippen LogP contribution in [0.4, 0.5) is 0 Å². The molecule has 0 aromatic carbocycles. The molecule has 0 radical (unpaired) electrons. The number of hydrogen-bond acceptors (Lipinski definition) is 4. The van der Waals surface area contributed by atoms with Crippen molar-refractivity contribution in [3.63, 3.8) is 0 Å². The first kappa shape index (κ1) is 10.5. The fourth-order valence-corrected chi connectivity index (χ4v) is 1.07. The predicted molar refractivity (Wildman–Crippen MR) is 51.5 cm³/mol. The number of carbonyl (C=O) groups excluding carboxylic acids is 1. The standard InChI is InChI=1S/C9H13N3O2/c1-14-9-3-2-6(5-12-9)7(10)4-8(11)13/h2-3,5,7H,4,10H2,1H3,(H2,11,13). The summed E-state index contributed by atoms with van der Waals surface area (Å²) in [5, 5.41) is 0.